The van der Waals surface area contributed by atoms with Gasteiger partial charge in [-0.15, -0.1) is 0 Å². The van der Waals surface area contributed by atoms with Gasteiger partial charge in [0.2, 0.25) is 0 Å². The second kappa shape index (κ2) is 3.35. The monoisotopic (exact) mass is 208 g/mol. The Hall–Kier alpha value is -0.300. The number of aliphatic hydroxyl groups is 1. The second-order valence-electron chi connectivity index (χ2n) is 6.42. The lowest BCUT2D eigenvalue weighted by Gasteiger charge is -2.35. The number of rotatable bonds is 3. The summed E-state index contributed by atoms with van der Waals surface area (Å²) in [6, 6.07) is 0. The molecule has 0 aromatic rings. The van der Waals surface area contributed by atoms with Crippen LogP contribution < -0.4 is 0 Å². The molecule has 1 N–H and O–H groups in total. The molecule has 0 saturated heterocycles. The van der Waals surface area contributed by atoms with Crippen molar-refractivity contribution >= 4 is 0 Å². The highest BCUT2D eigenvalue weighted by molar-refractivity contribution is 5.17. The fraction of sp³-hybridized carbons (Fsp3) is 0.857. The first-order chi connectivity index (χ1) is 6.91. The van der Waals surface area contributed by atoms with Crippen molar-refractivity contribution in [2.75, 3.05) is 6.61 Å². The Labute approximate surface area is 93.6 Å². The van der Waals surface area contributed by atoms with E-state index in [9.17, 15) is 0 Å². The smallest absolute Gasteiger partial charge is 0.0639 e. The summed E-state index contributed by atoms with van der Waals surface area (Å²) in [6.45, 7) is 9.57. The fourth-order valence-corrected chi connectivity index (χ4v) is 3.49. The van der Waals surface area contributed by atoms with Gasteiger partial charge in [0.15, 0.2) is 0 Å². The Morgan fingerprint density at radius 3 is 2.53 bits per heavy atom. The van der Waals surface area contributed by atoms with Crippen molar-refractivity contribution in [3.8, 4) is 0 Å². The van der Waals surface area contributed by atoms with Crippen LogP contribution in [0.25, 0.3) is 0 Å². The van der Waals surface area contributed by atoms with Crippen LogP contribution in [0.5, 0.6) is 0 Å². The minimum absolute atomic E-state index is 0.216. The largest absolute Gasteiger partial charge is 0.392 e. The summed E-state index contributed by atoms with van der Waals surface area (Å²) in [5, 5.41) is 8.98. The fourth-order valence-electron chi connectivity index (χ4n) is 3.49. The zero-order valence-electron chi connectivity index (χ0n) is 10.5. The Bertz CT molecular complexity index is 290. The lowest BCUT2D eigenvalue weighted by atomic mass is 9.70. The summed E-state index contributed by atoms with van der Waals surface area (Å²) in [6.07, 6.45) is 6.24. The molecule has 3 atom stereocenters. The Morgan fingerprint density at radius 2 is 2.07 bits per heavy atom. The van der Waals surface area contributed by atoms with E-state index >= 15 is 0 Å². The molecule has 86 valence electrons. The van der Waals surface area contributed by atoms with Gasteiger partial charge in [0, 0.05) is 0 Å². The molecule has 2 rings (SSSR count). The van der Waals surface area contributed by atoms with Crippen LogP contribution >= 0.6 is 0 Å². The van der Waals surface area contributed by atoms with E-state index in [-0.39, 0.29) is 6.61 Å². The third-order valence-corrected chi connectivity index (χ3v) is 5.47. The topological polar surface area (TPSA) is 20.2 Å². The summed E-state index contributed by atoms with van der Waals surface area (Å²) in [5.74, 6) is 1.81. The van der Waals surface area contributed by atoms with Crippen LogP contribution in [-0.4, -0.2) is 11.7 Å². The van der Waals surface area contributed by atoms with Crippen molar-refractivity contribution in [3.05, 3.63) is 11.6 Å². The number of hydrogen-bond donors (Lipinski definition) is 1. The number of fused-ring (bicyclic) bond motifs is 1. The quantitative estimate of drug-likeness (QED) is 0.705. The Balaban J connectivity index is 2.02. The highest BCUT2D eigenvalue weighted by Gasteiger charge is 2.66. The molecule has 2 fully saturated rings. The van der Waals surface area contributed by atoms with E-state index in [4.69, 9.17) is 5.11 Å². The molecule has 0 spiro atoms. The molecule has 0 bridgehead atoms. The van der Waals surface area contributed by atoms with Crippen molar-refractivity contribution in [1.29, 1.82) is 0 Å². The molecule has 0 radical (unpaired) electrons. The van der Waals surface area contributed by atoms with E-state index in [0.29, 0.717) is 10.8 Å². The first-order valence-corrected chi connectivity index (χ1v) is 6.18. The molecule has 0 amide bonds. The van der Waals surface area contributed by atoms with Gasteiger partial charge in [0.1, 0.15) is 0 Å². The minimum Gasteiger partial charge on any atom is -0.392 e. The van der Waals surface area contributed by atoms with Gasteiger partial charge >= 0.3 is 0 Å². The molecule has 1 heteroatoms. The van der Waals surface area contributed by atoms with Gasteiger partial charge in [-0.25, -0.2) is 0 Å². The highest BCUT2D eigenvalue weighted by atomic mass is 16.3. The zero-order valence-corrected chi connectivity index (χ0v) is 10.5. The highest BCUT2D eigenvalue weighted by Crippen LogP contribution is 2.74. The normalized spacial score (nSPS) is 42.9. The van der Waals surface area contributed by atoms with Crippen LogP contribution in [0.1, 0.15) is 47.0 Å². The van der Waals surface area contributed by atoms with Gasteiger partial charge in [-0.05, 0) is 48.9 Å². The van der Waals surface area contributed by atoms with Gasteiger partial charge in [-0.3, -0.25) is 0 Å². The van der Waals surface area contributed by atoms with Crippen molar-refractivity contribution in [2.24, 2.45) is 22.7 Å². The van der Waals surface area contributed by atoms with Gasteiger partial charge in [0.25, 0.3) is 0 Å². The van der Waals surface area contributed by atoms with E-state index in [2.05, 4.69) is 26.8 Å². The third kappa shape index (κ3) is 1.56. The number of allylic oxidation sites excluding steroid dienone is 1. The molecule has 0 heterocycles. The molecule has 0 aliphatic heterocycles. The average Bonchev–Trinajstić information content (AvgIpc) is 2.80. The second-order valence-corrected chi connectivity index (χ2v) is 6.42. The maximum absolute atomic E-state index is 8.98. The molecular weight excluding hydrogens is 184 g/mol. The first kappa shape index (κ1) is 11.2. The summed E-state index contributed by atoms with van der Waals surface area (Å²) < 4.78 is 0. The maximum atomic E-state index is 8.98. The molecule has 2 saturated carbocycles. The molecule has 2 aliphatic carbocycles. The summed E-state index contributed by atoms with van der Waals surface area (Å²) in [5.41, 5.74) is 2.24. The minimum atomic E-state index is 0.216. The van der Waals surface area contributed by atoms with Crippen molar-refractivity contribution in [2.45, 2.75) is 47.0 Å². The van der Waals surface area contributed by atoms with Crippen LogP contribution in [0, 0.1) is 22.7 Å². The van der Waals surface area contributed by atoms with Crippen molar-refractivity contribution in [1.82, 2.24) is 0 Å². The molecule has 2 aliphatic rings. The van der Waals surface area contributed by atoms with Crippen LogP contribution in [0.15, 0.2) is 11.6 Å². The predicted molar refractivity (Wildman–Crippen MR) is 63.6 cm³/mol. The average molecular weight is 208 g/mol. The molecule has 0 aromatic carbocycles. The number of aliphatic hydroxyl groups excluding tert-OH is 1. The summed E-state index contributed by atoms with van der Waals surface area (Å²) >= 11 is 0. The van der Waals surface area contributed by atoms with Crippen LogP contribution in [-0.2, 0) is 0 Å². The van der Waals surface area contributed by atoms with Gasteiger partial charge in [-0.1, -0.05) is 32.4 Å². The molecule has 3 unspecified atom stereocenters. The van der Waals surface area contributed by atoms with E-state index in [1.54, 1.807) is 0 Å². The number of hydrogen-bond acceptors (Lipinski definition) is 1. The standard InChI is InChI=1S/C14H24O/c1-10(9-15)5-6-11-7-12-8-14(12,4)13(11,2)3/h5,11-12,15H,6-9H2,1-4H3/b10-5+. The summed E-state index contributed by atoms with van der Waals surface area (Å²) in [4.78, 5) is 0. The predicted octanol–water partition coefficient (Wildman–Crippen LogP) is 3.39. The Kier molecular flexibility index (Phi) is 2.50. The lowest BCUT2D eigenvalue weighted by Crippen LogP contribution is -2.27. The van der Waals surface area contributed by atoms with Gasteiger partial charge in [-0.2, -0.15) is 0 Å². The van der Waals surface area contributed by atoms with Gasteiger partial charge in [0.05, 0.1) is 6.61 Å². The van der Waals surface area contributed by atoms with Crippen molar-refractivity contribution < 1.29 is 5.11 Å². The van der Waals surface area contributed by atoms with E-state index in [1.807, 2.05) is 6.92 Å². The molecular formula is C14H24O. The van der Waals surface area contributed by atoms with Gasteiger partial charge < -0.3 is 5.11 Å². The van der Waals surface area contributed by atoms with Crippen LogP contribution in [0.3, 0.4) is 0 Å². The molecule has 15 heavy (non-hydrogen) atoms. The first-order valence-electron chi connectivity index (χ1n) is 6.18. The zero-order chi connectivity index (χ0) is 11.3. The van der Waals surface area contributed by atoms with E-state index < -0.39 is 0 Å². The van der Waals surface area contributed by atoms with Crippen molar-refractivity contribution in [3.63, 3.8) is 0 Å². The summed E-state index contributed by atoms with van der Waals surface area (Å²) in [7, 11) is 0. The van der Waals surface area contributed by atoms with E-state index in [1.165, 1.54) is 12.8 Å². The maximum Gasteiger partial charge on any atom is 0.0639 e. The molecule has 1 nitrogen and oxygen atoms in total. The van der Waals surface area contributed by atoms with E-state index in [0.717, 1.165) is 23.8 Å². The third-order valence-electron chi connectivity index (χ3n) is 5.47. The Morgan fingerprint density at radius 1 is 1.40 bits per heavy atom. The van der Waals surface area contributed by atoms with Crippen LogP contribution in [0.4, 0.5) is 0 Å². The lowest BCUT2D eigenvalue weighted by molar-refractivity contribution is 0.150. The van der Waals surface area contributed by atoms with Crippen LogP contribution in [0.2, 0.25) is 0 Å². The molecule has 0 aromatic heterocycles. The SMILES string of the molecule is C/C(=C\CC1CC2CC2(C)C1(C)C)CO.